The van der Waals surface area contributed by atoms with Crippen LogP contribution in [0.3, 0.4) is 0 Å². The van der Waals surface area contributed by atoms with Gasteiger partial charge in [0, 0.05) is 6.08 Å². The van der Waals surface area contributed by atoms with E-state index in [-0.39, 0.29) is 5.57 Å². The van der Waals surface area contributed by atoms with Crippen molar-refractivity contribution in [2.24, 2.45) is 0 Å². The zero-order chi connectivity index (χ0) is 13.0. The molecule has 0 aliphatic heterocycles. The van der Waals surface area contributed by atoms with Crippen LogP contribution in [-0.4, -0.2) is 11.9 Å². The first kappa shape index (κ1) is 16.5. The van der Waals surface area contributed by atoms with Gasteiger partial charge in [0.15, 0.2) is 0 Å². The number of carbonyl (C=O) groups is 2. The molecule has 0 aromatic carbocycles. The molecule has 0 heterocycles. The van der Waals surface area contributed by atoms with Gasteiger partial charge in [-0.2, -0.15) is 0 Å². The minimum Gasteiger partial charge on any atom is -0.386 e. The first-order chi connectivity index (χ1) is 7.65. The third-order valence-electron chi connectivity index (χ3n) is 1.25. The second-order valence-electron chi connectivity index (χ2n) is 2.27. The average molecular weight is 222 g/mol. The number of carbonyl (C=O) groups excluding carboxylic acids is 2. The maximum Gasteiger partial charge on any atom is 0.345 e. The SMILES string of the molecule is C=C/C=C(\C=C)C(=O)OC(=O)/C=C/C.CC. The van der Waals surface area contributed by atoms with Crippen molar-refractivity contribution < 1.29 is 14.3 Å². The van der Waals surface area contributed by atoms with Crippen molar-refractivity contribution in [1.82, 2.24) is 0 Å². The summed E-state index contributed by atoms with van der Waals surface area (Å²) in [7, 11) is 0. The quantitative estimate of drug-likeness (QED) is 0.318. The van der Waals surface area contributed by atoms with Gasteiger partial charge >= 0.3 is 11.9 Å². The van der Waals surface area contributed by atoms with Crippen molar-refractivity contribution >= 4 is 11.9 Å². The Balaban J connectivity index is 0. The summed E-state index contributed by atoms with van der Waals surface area (Å²) >= 11 is 0. The summed E-state index contributed by atoms with van der Waals surface area (Å²) in [6, 6.07) is 0. The molecule has 0 aliphatic carbocycles. The summed E-state index contributed by atoms with van der Waals surface area (Å²) in [6.07, 6.45) is 6.77. The fourth-order valence-electron chi connectivity index (χ4n) is 0.667. The largest absolute Gasteiger partial charge is 0.386 e. The molecule has 0 amide bonds. The highest BCUT2D eigenvalue weighted by atomic mass is 16.6. The maximum atomic E-state index is 11.2. The molecule has 0 saturated carbocycles. The van der Waals surface area contributed by atoms with Crippen LogP contribution < -0.4 is 0 Å². The van der Waals surface area contributed by atoms with Crippen LogP contribution in [0.4, 0.5) is 0 Å². The normalized spacial score (nSPS) is 10.1. The van der Waals surface area contributed by atoms with E-state index in [0.717, 1.165) is 6.08 Å². The molecule has 3 nitrogen and oxygen atoms in total. The standard InChI is InChI=1S/C11H12O3.C2H6/c1-4-7-9(6-3)11(13)14-10(12)8-5-2;1-2/h4-8H,1,3H2,2H3;1-2H3/b8-5+,9-7+;. The smallest absolute Gasteiger partial charge is 0.345 e. The van der Waals surface area contributed by atoms with E-state index >= 15 is 0 Å². The van der Waals surface area contributed by atoms with E-state index in [1.54, 1.807) is 6.92 Å². The highest BCUT2D eigenvalue weighted by Crippen LogP contribution is 2.00. The lowest BCUT2D eigenvalue weighted by molar-refractivity contribution is -0.152. The lowest BCUT2D eigenvalue weighted by Gasteiger charge is -1.99. The zero-order valence-corrected chi connectivity index (χ0v) is 10.0. The minimum atomic E-state index is -0.733. The predicted molar refractivity (Wildman–Crippen MR) is 65.7 cm³/mol. The van der Waals surface area contributed by atoms with Gasteiger partial charge in [-0.25, -0.2) is 9.59 Å². The van der Waals surface area contributed by atoms with E-state index < -0.39 is 11.9 Å². The molecule has 0 aromatic heterocycles. The fraction of sp³-hybridized carbons (Fsp3) is 0.231. The van der Waals surface area contributed by atoms with Gasteiger partial charge < -0.3 is 4.74 Å². The molecule has 0 aliphatic rings. The highest BCUT2D eigenvalue weighted by Gasteiger charge is 2.09. The van der Waals surface area contributed by atoms with E-state index in [9.17, 15) is 9.59 Å². The third-order valence-corrected chi connectivity index (χ3v) is 1.25. The van der Waals surface area contributed by atoms with E-state index in [4.69, 9.17) is 0 Å². The molecule has 0 bridgehead atoms. The van der Waals surface area contributed by atoms with E-state index in [0.29, 0.717) is 0 Å². The third kappa shape index (κ3) is 7.50. The van der Waals surface area contributed by atoms with Crippen LogP contribution in [0, 0.1) is 0 Å². The molecule has 0 unspecified atom stereocenters. The second kappa shape index (κ2) is 11.2. The number of rotatable bonds is 4. The van der Waals surface area contributed by atoms with E-state index in [1.807, 2.05) is 13.8 Å². The minimum absolute atomic E-state index is 0.192. The number of hydrogen-bond acceptors (Lipinski definition) is 3. The highest BCUT2D eigenvalue weighted by molar-refractivity contribution is 6.01. The van der Waals surface area contributed by atoms with Crippen LogP contribution in [0.25, 0.3) is 0 Å². The van der Waals surface area contributed by atoms with Crippen molar-refractivity contribution in [1.29, 1.82) is 0 Å². The van der Waals surface area contributed by atoms with Crippen molar-refractivity contribution in [3.63, 3.8) is 0 Å². The first-order valence-corrected chi connectivity index (χ1v) is 4.99. The van der Waals surface area contributed by atoms with Gasteiger partial charge in [0.05, 0.1) is 5.57 Å². The molecule has 0 saturated heterocycles. The summed E-state index contributed by atoms with van der Waals surface area (Å²) in [5.74, 6) is -1.43. The van der Waals surface area contributed by atoms with Crippen molar-refractivity contribution in [3.05, 3.63) is 49.1 Å². The number of esters is 2. The summed E-state index contributed by atoms with van der Waals surface area (Å²) in [4.78, 5) is 22.0. The van der Waals surface area contributed by atoms with Gasteiger partial charge in [-0.15, -0.1) is 0 Å². The Morgan fingerprint density at radius 3 is 2.12 bits per heavy atom. The van der Waals surface area contributed by atoms with Gasteiger partial charge in [0.2, 0.25) is 0 Å². The Bertz CT molecular complexity index is 309. The molecular formula is C13H18O3. The molecule has 0 N–H and O–H groups in total. The Morgan fingerprint density at radius 1 is 1.19 bits per heavy atom. The van der Waals surface area contributed by atoms with Crippen LogP contribution in [-0.2, 0) is 14.3 Å². The van der Waals surface area contributed by atoms with Crippen molar-refractivity contribution in [3.8, 4) is 0 Å². The van der Waals surface area contributed by atoms with Gasteiger partial charge in [-0.05, 0) is 13.0 Å². The van der Waals surface area contributed by atoms with Gasteiger partial charge in [0.1, 0.15) is 0 Å². The molecule has 0 atom stereocenters. The Kier molecular flexibility index (Phi) is 11.5. The maximum absolute atomic E-state index is 11.2. The summed E-state index contributed by atoms with van der Waals surface area (Å²) in [6.45, 7) is 12.5. The van der Waals surface area contributed by atoms with Crippen LogP contribution in [0.5, 0.6) is 0 Å². The van der Waals surface area contributed by atoms with Crippen molar-refractivity contribution in [2.45, 2.75) is 20.8 Å². The summed E-state index contributed by atoms with van der Waals surface area (Å²) in [5.41, 5.74) is 0.192. The molecule has 16 heavy (non-hydrogen) atoms. The average Bonchev–Trinajstić information content (AvgIpc) is 2.28. The molecule has 0 spiro atoms. The van der Waals surface area contributed by atoms with Crippen LogP contribution in [0.2, 0.25) is 0 Å². The Hall–Kier alpha value is -1.90. The lowest BCUT2D eigenvalue weighted by atomic mass is 10.2. The Morgan fingerprint density at radius 2 is 1.75 bits per heavy atom. The lowest BCUT2D eigenvalue weighted by Crippen LogP contribution is -2.11. The van der Waals surface area contributed by atoms with Gasteiger partial charge in [-0.1, -0.05) is 45.2 Å². The molecule has 88 valence electrons. The predicted octanol–water partition coefficient (Wildman–Crippen LogP) is 2.96. The Labute approximate surface area is 96.8 Å². The van der Waals surface area contributed by atoms with E-state index in [1.165, 1.54) is 24.3 Å². The van der Waals surface area contributed by atoms with Gasteiger partial charge in [-0.3, -0.25) is 0 Å². The molecule has 0 rings (SSSR count). The topological polar surface area (TPSA) is 43.4 Å². The molecule has 0 aromatic rings. The molecule has 0 radical (unpaired) electrons. The van der Waals surface area contributed by atoms with Crippen molar-refractivity contribution in [2.75, 3.05) is 0 Å². The first-order valence-electron chi connectivity index (χ1n) is 4.99. The fourth-order valence-corrected chi connectivity index (χ4v) is 0.667. The zero-order valence-electron chi connectivity index (χ0n) is 10.0. The van der Waals surface area contributed by atoms with Crippen LogP contribution in [0.15, 0.2) is 49.1 Å². The second-order valence-corrected chi connectivity index (χ2v) is 2.27. The molecule has 3 heteroatoms. The number of ether oxygens (including phenoxy) is 1. The molecular weight excluding hydrogens is 204 g/mol. The molecule has 0 fully saturated rings. The van der Waals surface area contributed by atoms with E-state index in [2.05, 4.69) is 17.9 Å². The van der Waals surface area contributed by atoms with Gasteiger partial charge in [0.25, 0.3) is 0 Å². The number of allylic oxidation sites excluding steroid dienone is 3. The summed E-state index contributed by atoms with van der Waals surface area (Å²) < 4.78 is 4.44. The summed E-state index contributed by atoms with van der Waals surface area (Å²) in [5, 5.41) is 0. The number of hydrogen-bond donors (Lipinski definition) is 0. The monoisotopic (exact) mass is 222 g/mol. The van der Waals surface area contributed by atoms with Crippen LogP contribution in [0.1, 0.15) is 20.8 Å². The van der Waals surface area contributed by atoms with Crippen LogP contribution >= 0.6 is 0 Å².